The molecule has 3 rings (SSSR count). The summed E-state index contributed by atoms with van der Waals surface area (Å²) in [6, 6.07) is 0.599. The number of halogens is 1. The molecule has 5 nitrogen and oxygen atoms in total. The number of fused-ring (bicyclic) bond motifs is 1. The molecule has 1 atom stereocenters. The Morgan fingerprint density at radius 2 is 2.00 bits per heavy atom. The summed E-state index contributed by atoms with van der Waals surface area (Å²) in [6.45, 7) is 4.35. The molecule has 2 heterocycles. The third kappa shape index (κ3) is 2.67. The van der Waals surface area contributed by atoms with E-state index in [0.29, 0.717) is 18.4 Å². The Morgan fingerprint density at radius 1 is 1.32 bits per heavy atom. The first-order valence-electron chi connectivity index (χ1n) is 8.06. The lowest BCUT2D eigenvalue weighted by Gasteiger charge is -2.38. The molecule has 6 heteroatoms. The van der Waals surface area contributed by atoms with Crippen LogP contribution in [0.5, 0.6) is 0 Å². The Kier molecular flexibility index (Phi) is 4.26. The molecule has 0 aromatic carbocycles. The summed E-state index contributed by atoms with van der Waals surface area (Å²) in [5.74, 6) is 1.31. The van der Waals surface area contributed by atoms with Gasteiger partial charge in [0, 0.05) is 25.6 Å². The number of carbonyl (C=O) groups is 1. The van der Waals surface area contributed by atoms with Crippen molar-refractivity contribution in [2.24, 2.45) is 5.92 Å². The van der Waals surface area contributed by atoms with Crippen molar-refractivity contribution in [1.82, 2.24) is 9.97 Å². The predicted molar refractivity (Wildman–Crippen MR) is 88.4 cm³/mol. The Balaban J connectivity index is 2.14. The van der Waals surface area contributed by atoms with Crippen molar-refractivity contribution in [3.63, 3.8) is 0 Å². The van der Waals surface area contributed by atoms with E-state index < -0.39 is 0 Å². The van der Waals surface area contributed by atoms with Crippen LogP contribution in [0.15, 0.2) is 6.20 Å². The van der Waals surface area contributed by atoms with E-state index in [1.807, 2.05) is 0 Å². The van der Waals surface area contributed by atoms with Gasteiger partial charge in [0.2, 0.25) is 11.2 Å². The largest absolute Gasteiger partial charge is 0.348 e. The van der Waals surface area contributed by atoms with Crippen molar-refractivity contribution in [3.8, 4) is 0 Å². The zero-order chi connectivity index (χ0) is 15.9. The van der Waals surface area contributed by atoms with E-state index in [9.17, 15) is 4.79 Å². The summed E-state index contributed by atoms with van der Waals surface area (Å²) < 4.78 is 0. The third-order valence-corrected chi connectivity index (χ3v) is 5.11. The molecule has 22 heavy (non-hydrogen) atoms. The monoisotopic (exact) mass is 322 g/mol. The minimum absolute atomic E-state index is 0.117. The van der Waals surface area contributed by atoms with Crippen LogP contribution < -0.4 is 9.80 Å². The second-order valence-electron chi connectivity index (χ2n) is 6.66. The lowest BCUT2D eigenvalue weighted by atomic mass is 9.96. The van der Waals surface area contributed by atoms with Crippen molar-refractivity contribution in [3.05, 3.63) is 11.5 Å². The fourth-order valence-corrected chi connectivity index (χ4v) is 3.79. The van der Waals surface area contributed by atoms with E-state index in [4.69, 9.17) is 11.6 Å². The first kappa shape index (κ1) is 15.5. The molecule has 0 radical (unpaired) electrons. The summed E-state index contributed by atoms with van der Waals surface area (Å²) in [5.41, 5.74) is 0.768. The maximum atomic E-state index is 12.5. The van der Waals surface area contributed by atoms with Crippen molar-refractivity contribution in [2.75, 3.05) is 16.8 Å². The summed E-state index contributed by atoms with van der Waals surface area (Å²) in [6.07, 6.45) is 6.98. The van der Waals surface area contributed by atoms with Gasteiger partial charge in [-0.25, -0.2) is 4.98 Å². The molecule has 120 valence electrons. The number of aromatic nitrogens is 2. The Bertz CT molecular complexity index is 571. The van der Waals surface area contributed by atoms with Gasteiger partial charge >= 0.3 is 0 Å². The minimum atomic E-state index is 0.117. The highest BCUT2D eigenvalue weighted by atomic mass is 35.5. The highest BCUT2D eigenvalue weighted by Crippen LogP contribution is 2.39. The van der Waals surface area contributed by atoms with Crippen LogP contribution in [0.1, 0.15) is 46.0 Å². The summed E-state index contributed by atoms with van der Waals surface area (Å²) in [4.78, 5) is 25.2. The van der Waals surface area contributed by atoms with Crippen LogP contribution in [-0.2, 0) is 4.79 Å². The number of carbonyl (C=O) groups excluding carboxylic acids is 1. The standard InChI is InChI=1S/C16H23ClN4O/c1-10(2)12-8-14(22)20(3)13-9-18-16(17)19-15(13)21(12)11-6-4-5-7-11/h9-12H,4-8H2,1-3H3. The zero-order valence-electron chi connectivity index (χ0n) is 13.4. The molecular weight excluding hydrogens is 300 g/mol. The van der Waals surface area contributed by atoms with E-state index in [2.05, 4.69) is 28.7 Å². The van der Waals surface area contributed by atoms with Gasteiger partial charge in [-0.1, -0.05) is 26.7 Å². The predicted octanol–water partition coefficient (Wildman–Crippen LogP) is 3.27. The summed E-state index contributed by atoms with van der Waals surface area (Å²) in [5, 5.41) is 0.243. The lowest BCUT2D eigenvalue weighted by Crippen LogP contribution is -2.46. The van der Waals surface area contributed by atoms with Gasteiger partial charge in [-0.2, -0.15) is 4.98 Å². The van der Waals surface area contributed by atoms with E-state index in [-0.39, 0.29) is 17.2 Å². The molecule has 0 bridgehead atoms. The van der Waals surface area contributed by atoms with E-state index in [1.54, 1.807) is 18.1 Å². The number of nitrogens with zero attached hydrogens (tertiary/aromatic N) is 4. The Hall–Kier alpha value is -1.36. The molecule has 1 unspecified atom stereocenters. The minimum Gasteiger partial charge on any atom is -0.348 e. The quantitative estimate of drug-likeness (QED) is 0.784. The van der Waals surface area contributed by atoms with Crippen LogP contribution in [-0.4, -0.2) is 35.0 Å². The fraction of sp³-hybridized carbons (Fsp3) is 0.688. The van der Waals surface area contributed by atoms with Gasteiger partial charge in [-0.05, 0) is 30.4 Å². The number of rotatable bonds is 2. The van der Waals surface area contributed by atoms with Gasteiger partial charge in [-0.3, -0.25) is 4.79 Å². The number of hydrogen-bond acceptors (Lipinski definition) is 4. The molecule has 1 saturated carbocycles. The van der Waals surface area contributed by atoms with Crippen LogP contribution in [0.25, 0.3) is 0 Å². The highest BCUT2D eigenvalue weighted by Gasteiger charge is 2.38. The van der Waals surface area contributed by atoms with Crippen molar-refractivity contribution < 1.29 is 4.79 Å². The van der Waals surface area contributed by atoms with Gasteiger partial charge in [0.15, 0.2) is 5.82 Å². The molecule has 0 saturated heterocycles. The van der Waals surface area contributed by atoms with Gasteiger partial charge < -0.3 is 9.80 Å². The average Bonchev–Trinajstić information content (AvgIpc) is 2.96. The van der Waals surface area contributed by atoms with E-state index in [0.717, 1.165) is 24.3 Å². The second-order valence-corrected chi connectivity index (χ2v) is 7.00. The molecule has 1 aliphatic heterocycles. The molecule has 1 aromatic rings. The van der Waals surface area contributed by atoms with Crippen LogP contribution >= 0.6 is 11.6 Å². The van der Waals surface area contributed by atoms with Crippen LogP contribution in [0.4, 0.5) is 11.5 Å². The molecule has 0 N–H and O–H groups in total. The molecule has 1 aromatic heterocycles. The van der Waals surface area contributed by atoms with Crippen molar-refractivity contribution in [1.29, 1.82) is 0 Å². The summed E-state index contributed by atoms with van der Waals surface area (Å²) >= 11 is 6.06. The van der Waals surface area contributed by atoms with Gasteiger partial charge in [0.05, 0.1) is 6.20 Å². The second kappa shape index (κ2) is 6.03. The smallest absolute Gasteiger partial charge is 0.228 e. The topological polar surface area (TPSA) is 49.3 Å². The molecule has 1 fully saturated rings. The van der Waals surface area contributed by atoms with Gasteiger partial charge in [0.1, 0.15) is 5.69 Å². The van der Waals surface area contributed by atoms with E-state index in [1.165, 1.54) is 12.8 Å². The van der Waals surface area contributed by atoms with Gasteiger partial charge in [0.25, 0.3) is 0 Å². The normalized spacial score (nSPS) is 23.1. The fourth-order valence-electron chi connectivity index (χ4n) is 3.66. The zero-order valence-corrected chi connectivity index (χ0v) is 14.2. The maximum absolute atomic E-state index is 12.5. The van der Waals surface area contributed by atoms with Gasteiger partial charge in [-0.15, -0.1) is 0 Å². The SMILES string of the molecule is CC(C)C1CC(=O)N(C)c2cnc(Cl)nc2N1C1CCCC1. The van der Waals surface area contributed by atoms with Crippen molar-refractivity contribution in [2.45, 2.75) is 58.0 Å². The molecule has 2 aliphatic rings. The number of amides is 1. The average molecular weight is 323 g/mol. The van der Waals surface area contributed by atoms with Crippen LogP contribution in [0, 0.1) is 5.92 Å². The lowest BCUT2D eigenvalue weighted by molar-refractivity contribution is -0.118. The Morgan fingerprint density at radius 3 is 2.64 bits per heavy atom. The first-order chi connectivity index (χ1) is 10.5. The van der Waals surface area contributed by atoms with E-state index >= 15 is 0 Å². The Labute approximate surface area is 136 Å². The highest BCUT2D eigenvalue weighted by molar-refractivity contribution is 6.28. The maximum Gasteiger partial charge on any atom is 0.228 e. The molecule has 1 aliphatic carbocycles. The molecular formula is C16H23ClN4O. The number of anilines is 2. The first-order valence-corrected chi connectivity index (χ1v) is 8.44. The molecule has 1 amide bonds. The van der Waals surface area contributed by atoms with Crippen molar-refractivity contribution >= 4 is 29.0 Å². The third-order valence-electron chi connectivity index (χ3n) is 4.93. The number of hydrogen-bond donors (Lipinski definition) is 0. The van der Waals surface area contributed by atoms with Crippen LogP contribution in [0.2, 0.25) is 5.28 Å². The van der Waals surface area contributed by atoms with Crippen LogP contribution in [0.3, 0.4) is 0 Å². The molecule has 0 spiro atoms. The summed E-state index contributed by atoms with van der Waals surface area (Å²) in [7, 11) is 1.80.